The van der Waals surface area contributed by atoms with Gasteiger partial charge in [0.2, 0.25) is 5.95 Å². The Morgan fingerprint density at radius 2 is 1.67 bits per heavy atom. The third-order valence-corrected chi connectivity index (χ3v) is 4.77. The van der Waals surface area contributed by atoms with Crippen molar-refractivity contribution in [2.24, 2.45) is 0 Å². The van der Waals surface area contributed by atoms with Crippen molar-refractivity contribution >= 4 is 23.1 Å². The summed E-state index contributed by atoms with van der Waals surface area (Å²) in [7, 11) is 0. The van der Waals surface area contributed by atoms with E-state index in [1.54, 1.807) is 12.1 Å². The van der Waals surface area contributed by atoms with Crippen LogP contribution in [0.2, 0.25) is 0 Å². The van der Waals surface area contributed by atoms with Crippen LogP contribution in [0, 0.1) is 6.92 Å². The molecule has 0 saturated carbocycles. The quantitative estimate of drug-likeness (QED) is 0.389. The fourth-order valence-corrected chi connectivity index (χ4v) is 3.05. The zero-order valence-electron chi connectivity index (χ0n) is 17.1. The minimum Gasteiger partial charge on any atom is -0.339 e. The lowest BCUT2D eigenvalue weighted by Crippen LogP contribution is -2.13. The standard InChI is InChI=1S/C23H25F3N4/c1-3-4-5-9-17-11-13-18(14-12-17)28-22-27-15-19(23(24,25)26)21(30-22)29-20-10-7-6-8-16(20)2/h6-8,10-15H,3-5,9H2,1-2H3,(H2,27,28,29,30). The smallest absolute Gasteiger partial charge is 0.339 e. The fraction of sp³-hybridized carbons (Fsp3) is 0.304. The van der Waals surface area contributed by atoms with E-state index >= 15 is 0 Å². The van der Waals surface area contributed by atoms with Crippen molar-refractivity contribution in [3.05, 3.63) is 71.4 Å². The van der Waals surface area contributed by atoms with Crippen LogP contribution in [0.3, 0.4) is 0 Å². The second-order valence-corrected chi connectivity index (χ2v) is 7.17. The van der Waals surface area contributed by atoms with Crippen LogP contribution in [-0.2, 0) is 12.6 Å². The number of benzene rings is 2. The zero-order chi connectivity index (χ0) is 21.6. The lowest BCUT2D eigenvalue weighted by molar-refractivity contribution is -0.137. The first-order valence-corrected chi connectivity index (χ1v) is 9.99. The van der Waals surface area contributed by atoms with E-state index in [0.717, 1.165) is 30.3 Å². The molecule has 0 aliphatic rings. The Labute approximate surface area is 174 Å². The molecule has 2 N–H and O–H groups in total. The number of anilines is 4. The van der Waals surface area contributed by atoms with Gasteiger partial charge in [0, 0.05) is 17.6 Å². The minimum atomic E-state index is -4.57. The van der Waals surface area contributed by atoms with E-state index in [0.29, 0.717) is 5.69 Å². The predicted molar refractivity (Wildman–Crippen MR) is 114 cm³/mol. The van der Waals surface area contributed by atoms with E-state index in [1.807, 2.05) is 43.3 Å². The van der Waals surface area contributed by atoms with Crippen LogP contribution >= 0.6 is 0 Å². The highest BCUT2D eigenvalue weighted by atomic mass is 19.4. The van der Waals surface area contributed by atoms with Gasteiger partial charge < -0.3 is 10.6 Å². The third kappa shape index (κ3) is 5.72. The molecule has 0 aliphatic carbocycles. The van der Waals surface area contributed by atoms with E-state index in [2.05, 4.69) is 27.5 Å². The molecule has 4 nitrogen and oxygen atoms in total. The Hall–Kier alpha value is -3.09. The first-order valence-electron chi connectivity index (χ1n) is 9.99. The van der Waals surface area contributed by atoms with Gasteiger partial charge in [0.15, 0.2) is 0 Å². The van der Waals surface area contributed by atoms with Crippen molar-refractivity contribution in [2.45, 2.75) is 45.7 Å². The summed E-state index contributed by atoms with van der Waals surface area (Å²) in [6, 6.07) is 14.9. The molecule has 3 rings (SSSR count). The molecule has 0 aliphatic heterocycles. The van der Waals surface area contributed by atoms with Gasteiger partial charge in [-0.2, -0.15) is 18.2 Å². The molecule has 0 radical (unpaired) electrons. The molecule has 3 aromatic rings. The van der Waals surface area contributed by atoms with Crippen LogP contribution in [0.1, 0.15) is 42.9 Å². The lowest BCUT2D eigenvalue weighted by atomic mass is 10.1. The Balaban J connectivity index is 1.81. The highest BCUT2D eigenvalue weighted by Crippen LogP contribution is 2.35. The maximum absolute atomic E-state index is 13.4. The molecular weight excluding hydrogens is 389 g/mol. The molecule has 7 heteroatoms. The van der Waals surface area contributed by atoms with Gasteiger partial charge in [-0.25, -0.2) is 4.98 Å². The number of rotatable bonds is 8. The van der Waals surface area contributed by atoms with Crippen molar-refractivity contribution in [1.29, 1.82) is 0 Å². The van der Waals surface area contributed by atoms with Crippen molar-refractivity contribution in [2.75, 3.05) is 10.6 Å². The van der Waals surface area contributed by atoms with Gasteiger partial charge in [0.1, 0.15) is 11.4 Å². The number of unbranched alkanes of at least 4 members (excludes halogenated alkanes) is 2. The number of nitrogens with one attached hydrogen (secondary N) is 2. The van der Waals surface area contributed by atoms with Crippen molar-refractivity contribution in [3.8, 4) is 0 Å². The van der Waals surface area contributed by atoms with Gasteiger partial charge in [-0.1, -0.05) is 50.1 Å². The van der Waals surface area contributed by atoms with Gasteiger partial charge in [-0.15, -0.1) is 0 Å². The summed E-state index contributed by atoms with van der Waals surface area (Å²) >= 11 is 0. The van der Waals surface area contributed by atoms with Crippen LogP contribution in [0.15, 0.2) is 54.7 Å². The second kappa shape index (κ2) is 9.61. The SMILES string of the molecule is CCCCCc1ccc(Nc2ncc(C(F)(F)F)c(Nc3ccccc3C)n2)cc1. The van der Waals surface area contributed by atoms with Crippen molar-refractivity contribution in [3.63, 3.8) is 0 Å². The number of halogens is 3. The highest BCUT2D eigenvalue weighted by Gasteiger charge is 2.35. The summed E-state index contributed by atoms with van der Waals surface area (Å²) in [6.07, 6.45) is 0.743. The molecule has 0 saturated heterocycles. The molecule has 0 fully saturated rings. The van der Waals surface area contributed by atoms with Gasteiger partial charge >= 0.3 is 6.18 Å². The number of alkyl halides is 3. The normalized spacial score (nSPS) is 11.4. The predicted octanol–water partition coefficient (Wildman–Crippen LogP) is 7.02. The molecule has 0 spiro atoms. The first-order chi connectivity index (χ1) is 14.4. The number of hydrogen-bond donors (Lipinski definition) is 2. The summed E-state index contributed by atoms with van der Waals surface area (Å²) < 4.78 is 40.3. The molecule has 0 unspecified atom stereocenters. The number of aryl methyl sites for hydroxylation is 2. The molecule has 30 heavy (non-hydrogen) atoms. The molecule has 158 valence electrons. The van der Waals surface area contributed by atoms with Crippen molar-refractivity contribution in [1.82, 2.24) is 9.97 Å². The Kier molecular flexibility index (Phi) is 6.92. The van der Waals surface area contributed by atoms with Gasteiger partial charge in [0.25, 0.3) is 0 Å². The molecule has 2 aromatic carbocycles. The van der Waals surface area contributed by atoms with Gasteiger partial charge in [-0.3, -0.25) is 0 Å². The van der Waals surface area contributed by atoms with Crippen LogP contribution < -0.4 is 10.6 Å². The van der Waals surface area contributed by atoms with E-state index in [1.165, 1.54) is 18.4 Å². The maximum atomic E-state index is 13.4. The Bertz CT molecular complexity index is 969. The monoisotopic (exact) mass is 414 g/mol. The molecule has 0 atom stereocenters. The molecule has 0 bridgehead atoms. The first kappa shape index (κ1) is 21.6. The third-order valence-electron chi connectivity index (χ3n) is 4.77. The number of para-hydroxylation sites is 1. The topological polar surface area (TPSA) is 49.8 Å². The average Bonchev–Trinajstić information content (AvgIpc) is 2.70. The van der Waals surface area contributed by atoms with Crippen LogP contribution in [0.25, 0.3) is 0 Å². The Morgan fingerprint density at radius 3 is 2.33 bits per heavy atom. The molecule has 0 amide bonds. The lowest BCUT2D eigenvalue weighted by Gasteiger charge is -2.16. The summed E-state index contributed by atoms with van der Waals surface area (Å²) in [6.45, 7) is 3.98. The van der Waals surface area contributed by atoms with Crippen LogP contribution in [-0.4, -0.2) is 9.97 Å². The van der Waals surface area contributed by atoms with Gasteiger partial charge in [0.05, 0.1) is 0 Å². The molecule has 1 heterocycles. The van der Waals surface area contributed by atoms with E-state index in [-0.39, 0.29) is 11.8 Å². The number of aromatic nitrogens is 2. The average molecular weight is 414 g/mol. The van der Waals surface area contributed by atoms with E-state index in [4.69, 9.17) is 0 Å². The van der Waals surface area contributed by atoms with Crippen LogP contribution in [0.5, 0.6) is 0 Å². The Morgan fingerprint density at radius 1 is 0.933 bits per heavy atom. The zero-order valence-corrected chi connectivity index (χ0v) is 17.1. The summed E-state index contributed by atoms with van der Waals surface area (Å²) in [4.78, 5) is 7.97. The van der Waals surface area contributed by atoms with E-state index < -0.39 is 11.7 Å². The van der Waals surface area contributed by atoms with E-state index in [9.17, 15) is 13.2 Å². The summed E-state index contributed by atoms with van der Waals surface area (Å²) in [5.74, 6) is -0.191. The number of nitrogens with zero attached hydrogens (tertiary/aromatic N) is 2. The van der Waals surface area contributed by atoms with Crippen LogP contribution in [0.4, 0.5) is 36.3 Å². The highest BCUT2D eigenvalue weighted by molar-refractivity contribution is 5.65. The molecular formula is C23H25F3N4. The summed E-state index contributed by atoms with van der Waals surface area (Å²) in [5, 5.41) is 5.79. The summed E-state index contributed by atoms with van der Waals surface area (Å²) in [5.41, 5.74) is 2.41. The molecule has 1 aromatic heterocycles. The maximum Gasteiger partial charge on any atom is 0.421 e. The fourth-order valence-electron chi connectivity index (χ4n) is 3.05. The minimum absolute atomic E-state index is 0.0952. The largest absolute Gasteiger partial charge is 0.421 e. The number of hydrogen-bond acceptors (Lipinski definition) is 4. The van der Waals surface area contributed by atoms with Crippen molar-refractivity contribution < 1.29 is 13.2 Å². The van der Waals surface area contributed by atoms with Gasteiger partial charge in [-0.05, 0) is 49.1 Å². The second-order valence-electron chi connectivity index (χ2n) is 7.17.